The van der Waals surface area contributed by atoms with Crippen molar-refractivity contribution in [2.45, 2.75) is 0 Å². The number of carbonyl (C=O) groups excluding carboxylic acids is 3. The van der Waals surface area contributed by atoms with Crippen LogP contribution < -0.4 is 0 Å². The molecule has 0 aromatic heterocycles. The van der Waals surface area contributed by atoms with Gasteiger partial charge in [-0.05, 0) is 29.8 Å². The number of benzene rings is 2. The van der Waals surface area contributed by atoms with E-state index in [0.717, 1.165) is 12.5 Å². The average molecular weight is 371 g/mol. The van der Waals surface area contributed by atoms with Crippen molar-refractivity contribution in [3.05, 3.63) is 87.1 Å². The van der Waals surface area contributed by atoms with Crippen LogP contribution in [0.25, 0.3) is 6.08 Å². The molecule has 0 fully saturated rings. The minimum atomic E-state index is -0.547. The number of hydrogen-bond donors (Lipinski definition) is 0. The summed E-state index contributed by atoms with van der Waals surface area (Å²) in [6.07, 6.45) is 2.91. The molecule has 140 valence electrons. The van der Waals surface area contributed by atoms with E-state index in [9.17, 15) is 24.5 Å². The van der Waals surface area contributed by atoms with Gasteiger partial charge in [-0.1, -0.05) is 24.3 Å². The van der Waals surface area contributed by atoms with Gasteiger partial charge in [0.2, 0.25) is 6.20 Å². The molecular weight excluding hydrogens is 354 g/mol. The highest BCUT2D eigenvalue weighted by molar-refractivity contribution is 5.90. The van der Waals surface area contributed by atoms with Crippen molar-refractivity contribution in [2.75, 3.05) is 14.2 Å². The Morgan fingerprint density at radius 1 is 0.852 bits per heavy atom. The molecule has 0 atom stereocenters. The molecule has 27 heavy (non-hydrogen) atoms. The third-order valence-electron chi connectivity index (χ3n) is 3.19. The standard InChI is InChI=1S/C10H9NO4.C9H8O3/c1-15-10(12)9-4-2-8(3-5-9)6-7-11(13)14;1-12-9(11)8-4-2-7(6-10)3-5-8/h2-7H,1H3;2-6H,1H3/b7-6+;. The minimum Gasteiger partial charge on any atom is -0.465 e. The lowest BCUT2D eigenvalue weighted by atomic mass is 10.1. The summed E-state index contributed by atoms with van der Waals surface area (Å²) in [5.41, 5.74) is 2.06. The predicted octanol–water partition coefficient (Wildman–Crippen LogP) is 3.01. The summed E-state index contributed by atoms with van der Waals surface area (Å²) in [5.74, 6) is -0.827. The van der Waals surface area contributed by atoms with E-state index in [1.54, 1.807) is 48.5 Å². The second-order valence-corrected chi connectivity index (χ2v) is 4.95. The summed E-state index contributed by atoms with van der Waals surface area (Å²) in [5, 5.41) is 10.0. The fourth-order valence-electron chi connectivity index (χ4n) is 1.81. The van der Waals surface area contributed by atoms with Gasteiger partial charge in [0.15, 0.2) is 0 Å². The zero-order chi connectivity index (χ0) is 20.2. The minimum absolute atomic E-state index is 0.396. The second kappa shape index (κ2) is 10.9. The Hall–Kier alpha value is -3.81. The van der Waals surface area contributed by atoms with Gasteiger partial charge in [-0.25, -0.2) is 9.59 Å². The van der Waals surface area contributed by atoms with Crippen LogP contribution >= 0.6 is 0 Å². The van der Waals surface area contributed by atoms with E-state index < -0.39 is 16.9 Å². The lowest BCUT2D eigenvalue weighted by molar-refractivity contribution is -0.400. The van der Waals surface area contributed by atoms with Crippen LogP contribution in [0.15, 0.2) is 54.7 Å². The van der Waals surface area contributed by atoms with Gasteiger partial charge in [-0.2, -0.15) is 0 Å². The molecule has 0 N–H and O–H groups in total. The molecule has 2 rings (SSSR count). The number of ether oxygens (including phenoxy) is 2. The maximum atomic E-state index is 11.0. The van der Waals surface area contributed by atoms with Gasteiger partial charge in [-0.15, -0.1) is 0 Å². The molecule has 0 heterocycles. The maximum absolute atomic E-state index is 11.0. The van der Waals surface area contributed by atoms with Crippen LogP contribution in [0.3, 0.4) is 0 Å². The monoisotopic (exact) mass is 371 g/mol. The van der Waals surface area contributed by atoms with Crippen molar-refractivity contribution in [2.24, 2.45) is 0 Å². The first-order chi connectivity index (χ1) is 12.9. The predicted molar refractivity (Wildman–Crippen MR) is 97.0 cm³/mol. The lowest BCUT2D eigenvalue weighted by Crippen LogP contribution is -2.00. The zero-order valence-corrected chi connectivity index (χ0v) is 14.7. The van der Waals surface area contributed by atoms with Crippen LogP contribution in [0.2, 0.25) is 0 Å². The van der Waals surface area contributed by atoms with Crippen molar-refractivity contribution in [1.29, 1.82) is 0 Å². The van der Waals surface area contributed by atoms with E-state index in [2.05, 4.69) is 9.47 Å². The molecular formula is C19H17NO7. The van der Waals surface area contributed by atoms with Gasteiger partial charge in [0.1, 0.15) is 6.29 Å². The molecule has 0 saturated heterocycles. The van der Waals surface area contributed by atoms with E-state index >= 15 is 0 Å². The average Bonchev–Trinajstić information content (AvgIpc) is 2.72. The van der Waals surface area contributed by atoms with Gasteiger partial charge in [0.05, 0.1) is 30.3 Å². The van der Waals surface area contributed by atoms with E-state index in [0.29, 0.717) is 22.3 Å². The number of hydrogen-bond acceptors (Lipinski definition) is 7. The Bertz CT molecular complexity index is 824. The quantitative estimate of drug-likeness (QED) is 0.343. The Morgan fingerprint density at radius 3 is 1.59 bits per heavy atom. The second-order valence-electron chi connectivity index (χ2n) is 4.95. The summed E-state index contributed by atoms with van der Waals surface area (Å²) >= 11 is 0. The van der Waals surface area contributed by atoms with Crippen molar-refractivity contribution in [3.8, 4) is 0 Å². The van der Waals surface area contributed by atoms with Crippen molar-refractivity contribution >= 4 is 24.3 Å². The number of rotatable bonds is 5. The summed E-state index contributed by atoms with van der Waals surface area (Å²) in [4.78, 5) is 41.7. The van der Waals surface area contributed by atoms with Gasteiger partial charge >= 0.3 is 11.9 Å². The third kappa shape index (κ3) is 7.30. The first kappa shape index (κ1) is 21.2. The normalized spacial score (nSPS) is 9.70. The number of aldehydes is 1. The van der Waals surface area contributed by atoms with Crippen molar-refractivity contribution in [3.63, 3.8) is 0 Å². The first-order valence-corrected chi connectivity index (χ1v) is 7.55. The van der Waals surface area contributed by atoms with Crippen LogP contribution in [0.5, 0.6) is 0 Å². The van der Waals surface area contributed by atoms with Gasteiger partial charge in [0.25, 0.3) is 0 Å². The van der Waals surface area contributed by atoms with Crippen LogP contribution in [0, 0.1) is 10.1 Å². The van der Waals surface area contributed by atoms with Gasteiger partial charge in [-0.3, -0.25) is 14.9 Å². The zero-order valence-electron chi connectivity index (χ0n) is 14.7. The molecule has 0 aliphatic rings. The van der Waals surface area contributed by atoms with Crippen LogP contribution in [-0.4, -0.2) is 37.4 Å². The molecule has 0 saturated carbocycles. The summed E-state index contributed by atoms with van der Waals surface area (Å²) in [6.45, 7) is 0. The maximum Gasteiger partial charge on any atom is 0.337 e. The molecule has 0 spiro atoms. The highest BCUT2D eigenvalue weighted by atomic mass is 16.6. The fourth-order valence-corrected chi connectivity index (χ4v) is 1.81. The molecule has 0 unspecified atom stereocenters. The SMILES string of the molecule is COC(=O)c1ccc(/C=C/[N+](=O)[O-])cc1.COC(=O)c1ccc(C=O)cc1. The molecule has 8 nitrogen and oxygen atoms in total. The highest BCUT2D eigenvalue weighted by Gasteiger charge is 2.04. The van der Waals surface area contributed by atoms with E-state index in [1.807, 2.05) is 0 Å². The Balaban J connectivity index is 0.000000277. The van der Waals surface area contributed by atoms with Gasteiger partial charge < -0.3 is 9.47 Å². The number of nitrogens with zero attached hydrogens (tertiary/aromatic N) is 1. The molecule has 0 aliphatic carbocycles. The molecule has 8 heteroatoms. The summed E-state index contributed by atoms with van der Waals surface area (Å²) < 4.78 is 8.99. The molecule has 2 aromatic rings. The van der Waals surface area contributed by atoms with E-state index in [-0.39, 0.29) is 0 Å². The fraction of sp³-hybridized carbons (Fsp3) is 0.105. The number of nitro groups is 1. The summed E-state index contributed by atoms with van der Waals surface area (Å²) in [7, 11) is 2.61. The molecule has 0 bridgehead atoms. The number of carbonyl (C=O) groups is 3. The van der Waals surface area contributed by atoms with Crippen LogP contribution in [-0.2, 0) is 9.47 Å². The van der Waals surface area contributed by atoms with Gasteiger partial charge in [0, 0.05) is 11.6 Å². The lowest BCUT2D eigenvalue weighted by Gasteiger charge is -1.98. The Kier molecular flexibility index (Phi) is 8.60. The number of esters is 2. The number of methoxy groups -OCH3 is 2. The largest absolute Gasteiger partial charge is 0.465 e. The van der Waals surface area contributed by atoms with Crippen LogP contribution in [0.4, 0.5) is 0 Å². The van der Waals surface area contributed by atoms with Crippen LogP contribution in [0.1, 0.15) is 36.6 Å². The third-order valence-corrected chi connectivity index (χ3v) is 3.19. The Morgan fingerprint density at radius 2 is 1.26 bits per heavy atom. The Labute approximate surface area is 155 Å². The molecule has 2 aromatic carbocycles. The highest BCUT2D eigenvalue weighted by Crippen LogP contribution is 2.07. The topological polar surface area (TPSA) is 113 Å². The molecule has 0 aliphatic heterocycles. The van der Waals surface area contributed by atoms with E-state index in [4.69, 9.17) is 0 Å². The molecule has 0 amide bonds. The van der Waals surface area contributed by atoms with Crippen molar-refractivity contribution < 1.29 is 28.8 Å². The van der Waals surface area contributed by atoms with Crippen molar-refractivity contribution in [1.82, 2.24) is 0 Å². The summed E-state index contributed by atoms with van der Waals surface area (Å²) in [6, 6.07) is 12.5. The molecule has 0 radical (unpaired) electrons. The first-order valence-electron chi connectivity index (χ1n) is 7.55. The van der Waals surface area contributed by atoms with E-state index in [1.165, 1.54) is 20.3 Å². The smallest absolute Gasteiger partial charge is 0.337 e.